The molecule has 2 aromatic heterocycles. The van der Waals surface area contributed by atoms with E-state index in [2.05, 4.69) is 36.4 Å². The lowest BCUT2D eigenvalue weighted by molar-refractivity contribution is 0.538. The Bertz CT molecular complexity index is 743. The average molecular weight is 300 g/mol. The van der Waals surface area contributed by atoms with Gasteiger partial charge in [-0.2, -0.15) is 0 Å². The van der Waals surface area contributed by atoms with Crippen molar-refractivity contribution in [3.8, 4) is 0 Å². The highest BCUT2D eigenvalue weighted by Gasteiger charge is 2.22. The van der Waals surface area contributed by atoms with Crippen LogP contribution in [0.2, 0.25) is 0 Å². The van der Waals surface area contributed by atoms with Crippen LogP contribution in [0.25, 0.3) is 11.0 Å². The summed E-state index contributed by atoms with van der Waals surface area (Å²) in [6.45, 7) is 6.55. The van der Waals surface area contributed by atoms with Crippen molar-refractivity contribution >= 4 is 28.1 Å². The van der Waals surface area contributed by atoms with Crippen LogP contribution in [-0.2, 0) is 0 Å². The summed E-state index contributed by atoms with van der Waals surface area (Å²) in [6.07, 6.45) is 2.86. The summed E-state index contributed by atoms with van der Waals surface area (Å²) in [5, 5.41) is 3.17. The van der Waals surface area contributed by atoms with Crippen LogP contribution in [0.15, 0.2) is 29.8 Å². The molecule has 3 aromatic rings. The molecule has 0 aliphatic heterocycles. The summed E-state index contributed by atoms with van der Waals surface area (Å²) < 4.78 is 2.33. The molecule has 0 radical (unpaired) electrons. The lowest BCUT2D eigenvalue weighted by atomic mass is 10.1. The smallest absolute Gasteiger partial charge is 0.115 e. The van der Waals surface area contributed by atoms with Gasteiger partial charge in [0.05, 0.1) is 17.1 Å². The lowest BCUT2D eigenvalue weighted by Crippen LogP contribution is -2.14. The number of hydrogen-bond donors (Lipinski definition) is 1. The maximum absolute atomic E-state index is 5.90. The minimum absolute atomic E-state index is 0.232. The second-order valence-electron chi connectivity index (χ2n) is 5.54. The predicted molar refractivity (Wildman–Crippen MR) is 88.8 cm³/mol. The molecule has 0 saturated carbocycles. The predicted octanol–water partition coefficient (Wildman–Crippen LogP) is 4.20. The monoisotopic (exact) mass is 300 g/mol. The fourth-order valence-electron chi connectivity index (χ4n) is 2.74. The third-order valence-corrected chi connectivity index (χ3v) is 4.57. The molecule has 2 N–H and O–H groups in total. The van der Waals surface area contributed by atoms with E-state index in [1.54, 1.807) is 11.3 Å². The number of imidazole rings is 1. The molecule has 0 saturated heterocycles. The third kappa shape index (κ3) is 2.42. The quantitative estimate of drug-likeness (QED) is 0.735. The molecule has 21 heavy (non-hydrogen) atoms. The number of thiazole rings is 1. The first-order valence-electron chi connectivity index (χ1n) is 7.28. The number of hydrogen-bond acceptors (Lipinski definition) is 4. The molecule has 1 atom stereocenters. The summed E-state index contributed by atoms with van der Waals surface area (Å²) in [5.41, 5.74) is 8.76. The highest BCUT2D eigenvalue weighted by molar-refractivity contribution is 7.09. The zero-order valence-corrected chi connectivity index (χ0v) is 13.4. The van der Waals surface area contributed by atoms with Gasteiger partial charge in [0.25, 0.3) is 0 Å². The number of nitrogen functional groups attached to an aromatic ring is 1. The van der Waals surface area contributed by atoms with Crippen LogP contribution in [0.3, 0.4) is 0 Å². The molecule has 0 aliphatic rings. The minimum atomic E-state index is 0.232. The van der Waals surface area contributed by atoms with Crippen LogP contribution in [-0.4, -0.2) is 14.5 Å². The van der Waals surface area contributed by atoms with E-state index in [1.807, 2.05) is 23.7 Å². The molecule has 0 spiro atoms. The van der Waals surface area contributed by atoms with E-state index < -0.39 is 0 Å². The number of nitrogens with two attached hydrogens (primary N) is 1. The molecule has 3 rings (SSSR count). The van der Waals surface area contributed by atoms with Crippen molar-refractivity contribution in [2.24, 2.45) is 0 Å². The Kier molecular flexibility index (Phi) is 3.68. The van der Waals surface area contributed by atoms with Crippen molar-refractivity contribution in [2.45, 2.75) is 39.2 Å². The number of fused-ring (bicyclic) bond motifs is 1. The van der Waals surface area contributed by atoms with Crippen LogP contribution in [0, 0.1) is 0 Å². The van der Waals surface area contributed by atoms with Crippen LogP contribution < -0.4 is 5.73 Å². The van der Waals surface area contributed by atoms with Gasteiger partial charge in [-0.05, 0) is 24.6 Å². The molecule has 5 heteroatoms. The molecule has 4 nitrogen and oxygen atoms in total. The van der Waals surface area contributed by atoms with Gasteiger partial charge in [0.1, 0.15) is 10.8 Å². The van der Waals surface area contributed by atoms with Crippen LogP contribution in [0.5, 0.6) is 0 Å². The Morgan fingerprint density at radius 3 is 2.76 bits per heavy atom. The van der Waals surface area contributed by atoms with Gasteiger partial charge >= 0.3 is 0 Å². The van der Waals surface area contributed by atoms with Gasteiger partial charge in [-0.3, -0.25) is 0 Å². The van der Waals surface area contributed by atoms with E-state index in [0.717, 1.165) is 34.0 Å². The molecule has 0 bridgehead atoms. The Morgan fingerprint density at radius 1 is 1.33 bits per heavy atom. The van der Waals surface area contributed by atoms with Gasteiger partial charge < -0.3 is 10.3 Å². The standard InChI is InChI=1S/C16H20N4S/c1-4-13(16-18-7-8-21-16)20-14-6-5-11(17)9-12(14)19-15(20)10(2)3/h5-10,13H,4,17H2,1-3H3. The average Bonchev–Trinajstić information content (AvgIpc) is 3.08. The van der Waals surface area contributed by atoms with Gasteiger partial charge in [0.15, 0.2) is 0 Å². The first kappa shape index (κ1) is 14.1. The first-order valence-corrected chi connectivity index (χ1v) is 8.16. The minimum Gasteiger partial charge on any atom is -0.399 e. The normalized spacial score (nSPS) is 13.1. The van der Waals surface area contributed by atoms with Crippen molar-refractivity contribution in [2.75, 3.05) is 5.73 Å². The Labute approximate surface area is 128 Å². The Hall–Kier alpha value is -1.88. The van der Waals surface area contributed by atoms with Crippen molar-refractivity contribution in [3.05, 3.63) is 40.6 Å². The van der Waals surface area contributed by atoms with Crippen molar-refractivity contribution in [1.29, 1.82) is 0 Å². The molecule has 0 aliphatic carbocycles. The fourth-order valence-corrected chi connectivity index (χ4v) is 3.55. The van der Waals surface area contributed by atoms with E-state index in [0.29, 0.717) is 5.92 Å². The number of anilines is 1. The van der Waals surface area contributed by atoms with Gasteiger partial charge in [-0.15, -0.1) is 11.3 Å². The SMILES string of the molecule is CCC(c1nccs1)n1c(C(C)C)nc2cc(N)ccc21. The highest BCUT2D eigenvalue weighted by Crippen LogP contribution is 2.32. The largest absolute Gasteiger partial charge is 0.399 e. The number of rotatable bonds is 4. The van der Waals surface area contributed by atoms with Crippen molar-refractivity contribution < 1.29 is 0 Å². The Balaban J connectivity index is 2.26. The second kappa shape index (κ2) is 5.48. The fraction of sp³-hybridized carbons (Fsp3) is 0.375. The molecule has 1 aromatic carbocycles. The summed E-state index contributed by atoms with van der Waals surface area (Å²) in [6, 6.07) is 6.20. The molecule has 2 heterocycles. The molecule has 1 unspecified atom stereocenters. The topological polar surface area (TPSA) is 56.7 Å². The maximum atomic E-state index is 5.90. The lowest BCUT2D eigenvalue weighted by Gasteiger charge is -2.20. The second-order valence-corrected chi connectivity index (χ2v) is 6.46. The van der Waals surface area contributed by atoms with E-state index in [4.69, 9.17) is 10.7 Å². The zero-order valence-electron chi connectivity index (χ0n) is 12.6. The first-order chi connectivity index (χ1) is 10.1. The van der Waals surface area contributed by atoms with Crippen LogP contribution in [0.1, 0.15) is 50.0 Å². The summed E-state index contributed by atoms with van der Waals surface area (Å²) in [4.78, 5) is 9.32. The van der Waals surface area contributed by atoms with E-state index in [-0.39, 0.29) is 6.04 Å². The number of benzene rings is 1. The van der Waals surface area contributed by atoms with Gasteiger partial charge in [-0.1, -0.05) is 20.8 Å². The van der Waals surface area contributed by atoms with Crippen LogP contribution in [0.4, 0.5) is 5.69 Å². The highest BCUT2D eigenvalue weighted by atomic mass is 32.1. The molecule has 0 amide bonds. The maximum Gasteiger partial charge on any atom is 0.115 e. The Morgan fingerprint density at radius 2 is 2.14 bits per heavy atom. The van der Waals surface area contributed by atoms with Gasteiger partial charge in [-0.25, -0.2) is 9.97 Å². The molecular formula is C16H20N4S. The van der Waals surface area contributed by atoms with Gasteiger partial charge in [0.2, 0.25) is 0 Å². The zero-order chi connectivity index (χ0) is 15.0. The van der Waals surface area contributed by atoms with Crippen molar-refractivity contribution in [3.63, 3.8) is 0 Å². The molecule has 0 fully saturated rings. The van der Waals surface area contributed by atoms with E-state index in [9.17, 15) is 0 Å². The number of nitrogens with zero attached hydrogens (tertiary/aromatic N) is 3. The molecular weight excluding hydrogens is 280 g/mol. The van der Waals surface area contributed by atoms with E-state index in [1.165, 1.54) is 0 Å². The summed E-state index contributed by atoms with van der Waals surface area (Å²) in [5.74, 6) is 1.45. The van der Waals surface area contributed by atoms with Gasteiger partial charge in [0, 0.05) is 23.2 Å². The van der Waals surface area contributed by atoms with Crippen LogP contribution >= 0.6 is 11.3 Å². The van der Waals surface area contributed by atoms with Crippen molar-refractivity contribution in [1.82, 2.24) is 14.5 Å². The number of aromatic nitrogens is 3. The summed E-state index contributed by atoms with van der Waals surface area (Å²) >= 11 is 1.70. The third-order valence-electron chi connectivity index (χ3n) is 3.69. The molecule has 110 valence electrons. The summed E-state index contributed by atoms with van der Waals surface area (Å²) in [7, 11) is 0. The van der Waals surface area contributed by atoms with E-state index >= 15 is 0 Å².